The first-order chi connectivity index (χ1) is 10.5. The molecule has 0 heterocycles. The lowest BCUT2D eigenvalue weighted by Crippen LogP contribution is -2.47. The number of nitrogens with zero attached hydrogens (tertiary/aromatic N) is 1. The van der Waals surface area contributed by atoms with Crippen molar-refractivity contribution in [2.75, 3.05) is 20.3 Å². The molecule has 0 aromatic heterocycles. The number of carbonyl (C=O) groups is 1. The van der Waals surface area contributed by atoms with Gasteiger partial charge in [0.2, 0.25) is 0 Å². The molecule has 0 saturated carbocycles. The topological polar surface area (TPSA) is 38.8 Å². The summed E-state index contributed by atoms with van der Waals surface area (Å²) in [6.07, 6.45) is 1.08. The van der Waals surface area contributed by atoms with E-state index in [1.807, 2.05) is 0 Å². The molecule has 0 spiro atoms. The lowest BCUT2D eigenvalue weighted by atomic mass is 10.1. The SMILES string of the molecule is CCC(CC)N(CCOC)C(=O)C(C)Oc1cccc(F)c1. The van der Waals surface area contributed by atoms with E-state index in [-0.39, 0.29) is 17.8 Å². The van der Waals surface area contributed by atoms with Crippen LogP contribution in [0.5, 0.6) is 5.75 Å². The number of carbonyl (C=O) groups excluding carboxylic acids is 1. The van der Waals surface area contributed by atoms with Crippen molar-refractivity contribution >= 4 is 5.91 Å². The van der Waals surface area contributed by atoms with Crippen molar-refractivity contribution in [1.29, 1.82) is 0 Å². The van der Waals surface area contributed by atoms with E-state index >= 15 is 0 Å². The maximum absolute atomic E-state index is 13.2. The molecule has 0 aliphatic carbocycles. The second-order valence-electron chi connectivity index (χ2n) is 5.21. The Morgan fingerprint density at radius 1 is 1.32 bits per heavy atom. The molecule has 124 valence electrons. The normalized spacial score (nSPS) is 12.3. The van der Waals surface area contributed by atoms with Gasteiger partial charge in [0, 0.05) is 25.8 Å². The first-order valence-corrected chi connectivity index (χ1v) is 7.75. The number of amides is 1. The van der Waals surface area contributed by atoms with Gasteiger partial charge in [-0.1, -0.05) is 19.9 Å². The Kier molecular flexibility index (Phi) is 7.88. The Morgan fingerprint density at radius 3 is 2.55 bits per heavy atom. The van der Waals surface area contributed by atoms with E-state index in [1.165, 1.54) is 12.1 Å². The van der Waals surface area contributed by atoms with Crippen molar-refractivity contribution in [2.24, 2.45) is 0 Å². The van der Waals surface area contributed by atoms with Crippen LogP contribution in [0.1, 0.15) is 33.6 Å². The van der Waals surface area contributed by atoms with Crippen molar-refractivity contribution in [3.8, 4) is 5.75 Å². The summed E-state index contributed by atoms with van der Waals surface area (Å²) in [6.45, 7) is 6.81. The highest BCUT2D eigenvalue weighted by molar-refractivity contribution is 5.81. The minimum absolute atomic E-state index is 0.102. The Labute approximate surface area is 132 Å². The van der Waals surface area contributed by atoms with Crippen LogP contribution in [0.15, 0.2) is 24.3 Å². The third-order valence-electron chi connectivity index (χ3n) is 3.66. The monoisotopic (exact) mass is 311 g/mol. The summed E-state index contributed by atoms with van der Waals surface area (Å²) in [5.41, 5.74) is 0. The molecule has 1 aromatic carbocycles. The van der Waals surface area contributed by atoms with Crippen LogP contribution in [-0.2, 0) is 9.53 Å². The molecule has 0 saturated heterocycles. The maximum Gasteiger partial charge on any atom is 0.263 e. The predicted octanol–water partition coefficient (Wildman–Crippen LogP) is 3.26. The third-order valence-corrected chi connectivity index (χ3v) is 3.66. The van der Waals surface area contributed by atoms with E-state index in [9.17, 15) is 9.18 Å². The van der Waals surface area contributed by atoms with Crippen molar-refractivity contribution in [1.82, 2.24) is 4.90 Å². The zero-order valence-corrected chi connectivity index (χ0v) is 13.8. The average Bonchev–Trinajstić information content (AvgIpc) is 2.50. The van der Waals surface area contributed by atoms with E-state index < -0.39 is 6.10 Å². The summed E-state index contributed by atoms with van der Waals surface area (Å²) in [5.74, 6) is -0.125. The number of ether oxygens (including phenoxy) is 2. The fourth-order valence-electron chi connectivity index (χ4n) is 2.42. The van der Waals surface area contributed by atoms with E-state index in [0.29, 0.717) is 18.9 Å². The van der Waals surface area contributed by atoms with E-state index in [0.717, 1.165) is 12.8 Å². The van der Waals surface area contributed by atoms with Crippen LogP contribution in [0.25, 0.3) is 0 Å². The molecule has 0 fully saturated rings. The fourth-order valence-corrected chi connectivity index (χ4v) is 2.42. The van der Waals surface area contributed by atoms with Gasteiger partial charge in [0.25, 0.3) is 5.91 Å². The Balaban J connectivity index is 2.78. The summed E-state index contributed by atoms with van der Waals surface area (Å²) < 4.78 is 23.9. The molecule has 0 aliphatic heterocycles. The molecule has 0 bridgehead atoms. The van der Waals surface area contributed by atoms with Crippen LogP contribution in [0, 0.1) is 5.82 Å². The smallest absolute Gasteiger partial charge is 0.263 e. The molecular formula is C17H26FNO3. The predicted molar refractivity (Wildman–Crippen MR) is 84.4 cm³/mol. The molecule has 1 atom stereocenters. The number of halogens is 1. The van der Waals surface area contributed by atoms with Gasteiger partial charge in [-0.05, 0) is 31.9 Å². The van der Waals surface area contributed by atoms with Gasteiger partial charge in [0.15, 0.2) is 6.10 Å². The second kappa shape index (κ2) is 9.41. The van der Waals surface area contributed by atoms with E-state index in [2.05, 4.69) is 13.8 Å². The van der Waals surface area contributed by atoms with Gasteiger partial charge >= 0.3 is 0 Å². The first-order valence-electron chi connectivity index (χ1n) is 7.75. The van der Waals surface area contributed by atoms with Crippen molar-refractivity contribution < 1.29 is 18.7 Å². The molecule has 0 radical (unpaired) electrons. The highest BCUT2D eigenvalue weighted by atomic mass is 19.1. The minimum atomic E-state index is -0.667. The zero-order chi connectivity index (χ0) is 16.5. The summed E-state index contributed by atoms with van der Waals surface area (Å²) in [5, 5.41) is 0. The van der Waals surface area contributed by atoms with Crippen LogP contribution in [0.2, 0.25) is 0 Å². The van der Waals surface area contributed by atoms with Gasteiger partial charge in [-0.3, -0.25) is 4.79 Å². The van der Waals surface area contributed by atoms with Crippen LogP contribution in [-0.4, -0.2) is 43.2 Å². The van der Waals surface area contributed by atoms with Gasteiger partial charge in [-0.15, -0.1) is 0 Å². The second-order valence-corrected chi connectivity index (χ2v) is 5.21. The molecule has 1 aromatic rings. The van der Waals surface area contributed by atoms with Gasteiger partial charge < -0.3 is 14.4 Å². The van der Waals surface area contributed by atoms with E-state index in [4.69, 9.17) is 9.47 Å². The molecule has 4 nitrogen and oxygen atoms in total. The van der Waals surface area contributed by atoms with E-state index in [1.54, 1.807) is 31.1 Å². The average molecular weight is 311 g/mol. The van der Waals surface area contributed by atoms with Crippen LogP contribution in [0.4, 0.5) is 4.39 Å². The summed E-state index contributed by atoms with van der Waals surface area (Å²) >= 11 is 0. The van der Waals surface area contributed by atoms with Crippen molar-refractivity contribution in [3.05, 3.63) is 30.1 Å². The number of methoxy groups -OCH3 is 1. The quantitative estimate of drug-likeness (QED) is 0.702. The largest absolute Gasteiger partial charge is 0.481 e. The summed E-state index contributed by atoms with van der Waals surface area (Å²) in [4.78, 5) is 14.4. The lowest BCUT2D eigenvalue weighted by molar-refractivity contribution is -0.141. The zero-order valence-electron chi connectivity index (χ0n) is 13.8. The van der Waals surface area contributed by atoms with Crippen LogP contribution >= 0.6 is 0 Å². The van der Waals surface area contributed by atoms with Crippen LogP contribution < -0.4 is 4.74 Å². The highest BCUT2D eigenvalue weighted by Gasteiger charge is 2.26. The standard InChI is InChI=1S/C17H26FNO3/c1-5-15(6-2)19(10-11-21-4)17(20)13(3)22-16-9-7-8-14(18)12-16/h7-9,12-13,15H,5-6,10-11H2,1-4H3. The molecule has 1 amide bonds. The number of hydrogen-bond acceptors (Lipinski definition) is 3. The fraction of sp³-hybridized carbons (Fsp3) is 0.588. The summed E-state index contributed by atoms with van der Waals surface area (Å²) in [6, 6.07) is 5.98. The highest BCUT2D eigenvalue weighted by Crippen LogP contribution is 2.17. The van der Waals surface area contributed by atoms with Crippen molar-refractivity contribution in [2.45, 2.75) is 45.8 Å². The Hall–Kier alpha value is -1.62. The molecular weight excluding hydrogens is 285 g/mol. The van der Waals surface area contributed by atoms with Gasteiger partial charge in [-0.25, -0.2) is 4.39 Å². The summed E-state index contributed by atoms with van der Waals surface area (Å²) in [7, 11) is 1.61. The van der Waals surface area contributed by atoms with Crippen LogP contribution in [0.3, 0.4) is 0 Å². The number of hydrogen-bond donors (Lipinski definition) is 0. The van der Waals surface area contributed by atoms with Gasteiger partial charge in [0.1, 0.15) is 11.6 Å². The van der Waals surface area contributed by atoms with Crippen molar-refractivity contribution in [3.63, 3.8) is 0 Å². The lowest BCUT2D eigenvalue weighted by Gasteiger charge is -2.32. The molecule has 1 rings (SSSR count). The number of rotatable bonds is 9. The third kappa shape index (κ3) is 5.30. The maximum atomic E-state index is 13.2. The molecule has 22 heavy (non-hydrogen) atoms. The molecule has 0 N–H and O–H groups in total. The minimum Gasteiger partial charge on any atom is -0.481 e. The molecule has 0 aliphatic rings. The van der Waals surface area contributed by atoms with Gasteiger partial charge in [-0.2, -0.15) is 0 Å². The Morgan fingerprint density at radius 2 is 2.00 bits per heavy atom. The molecule has 5 heteroatoms. The first kappa shape index (κ1) is 18.4. The molecule has 1 unspecified atom stereocenters. The number of benzene rings is 1. The van der Waals surface area contributed by atoms with Gasteiger partial charge in [0.05, 0.1) is 6.61 Å². The Bertz CT molecular complexity index is 463.